The van der Waals surface area contributed by atoms with Crippen LogP contribution in [0.5, 0.6) is 0 Å². The summed E-state index contributed by atoms with van der Waals surface area (Å²) < 4.78 is 16.2. The van der Waals surface area contributed by atoms with E-state index in [9.17, 15) is 14.4 Å². The lowest BCUT2D eigenvalue weighted by molar-refractivity contribution is -0.154. The molecule has 4 atom stereocenters. The van der Waals surface area contributed by atoms with Crippen LogP contribution in [0.4, 0.5) is 0 Å². The SMILES string of the molecule is C=C(C(=O)OC)C1CC2=C(C)C(OC(=O)C(C)=CC)CCC2(C)CC1OC(C)=O. The fourth-order valence-corrected chi connectivity index (χ4v) is 4.51. The molecule has 4 unspecified atom stereocenters. The number of allylic oxidation sites excluding steroid dienone is 2. The topological polar surface area (TPSA) is 78.9 Å². The Morgan fingerprint density at radius 2 is 1.83 bits per heavy atom. The number of fused-ring (bicyclic) bond motifs is 1. The second kappa shape index (κ2) is 8.97. The Labute approximate surface area is 173 Å². The first-order chi connectivity index (χ1) is 13.5. The van der Waals surface area contributed by atoms with Crippen LogP contribution in [0.3, 0.4) is 0 Å². The highest BCUT2D eigenvalue weighted by Gasteiger charge is 2.48. The standard InChI is InChI=1S/C23H32O6/c1-8-13(2)21(25)29-19-9-10-23(6)12-20(28-16(5)24)17(11-18(23)15(19)4)14(3)22(26)27-7/h8,17,19-20H,3,9-12H2,1-2,4-7H3. The highest BCUT2D eigenvalue weighted by molar-refractivity contribution is 5.89. The van der Waals surface area contributed by atoms with E-state index in [0.717, 1.165) is 17.6 Å². The van der Waals surface area contributed by atoms with Crippen molar-refractivity contribution in [1.29, 1.82) is 0 Å². The molecule has 6 heteroatoms. The summed E-state index contributed by atoms with van der Waals surface area (Å²) >= 11 is 0. The zero-order valence-electron chi connectivity index (χ0n) is 18.3. The molecule has 2 aliphatic carbocycles. The molecule has 0 aromatic rings. The van der Waals surface area contributed by atoms with Gasteiger partial charge in [0.25, 0.3) is 0 Å². The fourth-order valence-electron chi connectivity index (χ4n) is 4.51. The van der Waals surface area contributed by atoms with Gasteiger partial charge >= 0.3 is 17.9 Å². The minimum absolute atomic E-state index is 0.185. The van der Waals surface area contributed by atoms with E-state index in [1.54, 1.807) is 19.9 Å². The van der Waals surface area contributed by atoms with Crippen LogP contribution in [0.2, 0.25) is 0 Å². The highest BCUT2D eigenvalue weighted by atomic mass is 16.5. The number of methoxy groups -OCH3 is 1. The lowest BCUT2D eigenvalue weighted by atomic mass is 9.59. The molecular formula is C23H32O6. The molecule has 160 valence electrons. The minimum atomic E-state index is -0.503. The first-order valence-corrected chi connectivity index (χ1v) is 10.0. The summed E-state index contributed by atoms with van der Waals surface area (Å²) in [6.07, 6.45) is 3.63. The Morgan fingerprint density at radius 1 is 1.17 bits per heavy atom. The van der Waals surface area contributed by atoms with E-state index in [1.165, 1.54) is 14.0 Å². The maximum Gasteiger partial charge on any atom is 0.333 e. The van der Waals surface area contributed by atoms with Gasteiger partial charge in [0, 0.05) is 24.0 Å². The number of carbonyl (C=O) groups excluding carboxylic acids is 3. The van der Waals surface area contributed by atoms with Crippen LogP contribution < -0.4 is 0 Å². The fraction of sp³-hybridized carbons (Fsp3) is 0.609. The van der Waals surface area contributed by atoms with Gasteiger partial charge in [-0.25, -0.2) is 9.59 Å². The molecule has 0 N–H and O–H groups in total. The monoisotopic (exact) mass is 404 g/mol. The first-order valence-electron chi connectivity index (χ1n) is 10.0. The third-order valence-electron chi connectivity index (χ3n) is 6.39. The van der Waals surface area contributed by atoms with Gasteiger partial charge in [0.15, 0.2) is 0 Å². The molecule has 0 aromatic heterocycles. The molecular weight excluding hydrogens is 372 g/mol. The summed E-state index contributed by atoms with van der Waals surface area (Å²) in [6, 6.07) is 0. The number of hydrogen-bond donors (Lipinski definition) is 0. The molecule has 0 bridgehead atoms. The largest absolute Gasteiger partial charge is 0.466 e. The predicted octanol–water partition coefficient (Wildman–Crippen LogP) is 4.05. The second-order valence-corrected chi connectivity index (χ2v) is 8.31. The molecule has 29 heavy (non-hydrogen) atoms. The summed E-state index contributed by atoms with van der Waals surface area (Å²) in [5.74, 6) is -1.56. The highest BCUT2D eigenvalue weighted by Crippen LogP contribution is 2.53. The average molecular weight is 405 g/mol. The van der Waals surface area contributed by atoms with Crippen molar-refractivity contribution in [2.75, 3.05) is 7.11 Å². The van der Waals surface area contributed by atoms with Crippen molar-refractivity contribution in [2.24, 2.45) is 11.3 Å². The Balaban J connectivity index is 2.38. The Morgan fingerprint density at radius 3 is 2.38 bits per heavy atom. The van der Waals surface area contributed by atoms with Crippen molar-refractivity contribution in [3.05, 3.63) is 34.9 Å². The Hall–Kier alpha value is -2.37. The molecule has 0 heterocycles. The lowest BCUT2D eigenvalue weighted by Gasteiger charge is -2.48. The summed E-state index contributed by atoms with van der Waals surface area (Å²) in [7, 11) is 1.31. The predicted molar refractivity (Wildman–Crippen MR) is 109 cm³/mol. The third kappa shape index (κ3) is 4.80. The van der Waals surface area contributed by atoms with Gasteiger partial charge in [-0.05, 0) is 57.4 Å². The first kappa shape index (κ1) is 22.9. The zero-order valence-corrected chi connectivity index (χ0v) is 18.3. The number of ether oxygens (including phenoxy) is 3. The van der Waals surface area contributed by atoms with Gasteiger partial charge in [-0.1, -0.05) is 25.2 Å². The van der Waals surface area contributed by atoms with E-state index in [0.29, 0.717) is 30.4 Å². The number of hydrogen-bond acceptors (Lipinski definition) is 6. The molecule has 0 spiro atoms. The summed E-state index contributed by atoms with van der Waals surface area (Å²) in [6.45, 7) is 13.0. The van der Waals surface area contributed by atoms with E-state index in [1.807, 2.05) is 6.92 Å². The molecule has 0 amide bonds. The van der Waals surface area contributed by atoms with Crippen molar-refractivity contribution in [3.8, 4) is 0 Å². The van der Waals surface area contributed by atoms with Crippen LogP contribution in [0, 0.1) is 11.3 Å². The van der Waals surface area contributed by atoms with E-state index in [2.05, 4.69) is 13.5 Å². The number of rotatable bonds is 5. The second-order valence-electron chi connectivity index (χ2n) is 8.31. The van der Waals surface area contributed by atoms with E-state index in [-0.39, 0.29) is 29.4 Å². The van der Waals surface area contributed by atoms with Gasteiger partial charge < -0.3 is 14.2 Å². The van der Waals surface area contributed by atoms with E-state index in [4.69, 9.17) is 14.2 Å². The van der Waals surface area contributed by atoms with E-state index >= 15 is 0 Å². The van der Waals surface area contributed by atoms with Crippen LogP contribution in [0.25, 0.3) is 0 Å². The van der Waals surface area contributed by atoms with Crippen molar-refractivity contribution in [2.45, 2.75) is 72.5 Å². The molecule has 0 aromatic carbocycles. The summed E-state index contributed by atoms with van der Waals surface area (Å²) in [5, 5.41) is 0. The quantitative estimate of drug-likeness (QED) is 0.298. The van der Waals surface area contributed by atoms with Gasteiger partial charge in [0.1, 0.15) is 12.2 Å². The molecule has 1 saturated carbocycles. The van der Waals surface area contributed by atoms with Crippen LogP contribution in [-0.2, 0) is 28.6 Å². The Bertz CT molecular complexity index is 774. The molecule has 6 nitrogen and oxygen atoms in total. The Kier molecular flexibility index (Phi) is 7.09. The van der Waals surface area contributed by atoms with Crippen LogP contribution in [0.15, 0.2) is 34.9 Å². The molecule has 0 radical (unpaired) electrons. The van der Waals surface area contributed by atoms with Crippen molar-refractivity contribution < 1.29 is 28.6 Å². The van der Waals surface area contributed by atoms with Crippen LogP contribution >= 0.6 is 0 Å². The van der Waals surface area contributed by atoms with Gasteiger partial charge in [-0.3, -0.25) is 4.79 Å². The molecule has 2 rings (SSSR count). The van der Waals surface area contributed by atoms with Crippen molar-refractivity contribution in [1.82, 2.24) is 0 Å². The molecule has 0 aliphatic heterocycles. The normalized spacial score (nSPS) is 29.6. The minimum Gasteiger partial charge on any atom is -0.466 e. The van der Waals surface area contributed by atoms with Crippen molar-refractivity contribution in [3.63, 3.8) is 0 Å². The molecule has 2 aliphatic rings. The smallest absolute Gasteiger partial charge is 0.333 e. The zero-order chi connectivity index (χ0) is 21.9. The summed E-state index contributed by atoms with van der Waals surface area (Å²) in [5.41, 5.74) is 2.85. The molecule has 1 fully saturated rings. The number of esters is 3. The molecule has 0 saturated heterocycles. The summed E-state index contributed by atoms with van der Waals surface area (Å²) in [4.78, 5) is 36.1. The van der Waals surface area contributed by atoms with Gasteiger partial charge in [0.2, 0.25) is 0 Å². The van der Waals surface area contributed by atoms with E-state index < -0.39 is 12.1 Å². The number of carbonyl (C=O) groups is 3. The third-order valence-corrected chi connectivity index (χ3v) is 6.39. The van der Waals surface area contributed by atoms with Crippen molar-refractivity contribution >= 4 is 17.9 Å². The maximum atomic E-state index is 12.3. The average Bonchev–Trinajstić information content (AvgIpc) is 2.67. The van der Waals surface area contributed by atoms with Crippen LogP contribution in [-0.4, -0.2) is 37.2 Å². The van der Waals surface area contributed by atoms with Crippen LogP contribution in [0.1, 0.15) is 60.3 Å². The van der Waals surface area contributed by atoms with Gasteiger partial charge in [-0.2, -0.15) is 0 Å². The lowest BCUT2D eigenvalue weighted by Crippen LogP contribution is -2.45. The maximum absolute atomic E-state index is 12.3. The van der Waals surface area contributed by atoms with Gasteiger partial charge in [-0.15, -0.1) is 0 Å². The van der Waals surface area contributed by atoms with Gasteiger partial charge in [0.05, 0.1) is 7.11 Å².